The van der Waals surface area contributed by atoms with Crippen LogP contribution in [0.3, 0.4) is 0 Å². The normalized spacial score (nSPS) is 14.8. The highest BCUT2D eigenvalue weighted by atomic mass is 16.1. The van der Waals surface area contributed by atoms with Crippen molar-refractivity contribution >= 4 is 16.7 Å². The summed E-state index contributed by atoms with van der Waals surface area (Å²) in [5.74, 6) is 0.282. The fraction of sp³-hybridized carbons (Fsp3) is 0.235. The van der Waals surface area contributed by atoms with Gasteiger partial charge < -0.3 is 9.97 Å². The summed E-state index contributed by atoms with van der Waals surface area (Å²) in [7, 11) is 0. The third-order valence-corrected chi connectivity index (χ3v) is 4.26. The van der Waals surface area contributed by atoms with Crippen LogP contribution in [-0.4, -0.2) is 15.8 Å². The summed E-state index contributed by atoms with van der Waals surface area (Å²) in [4.78, 5) is 18.9. The molecule has 2 N–H and O–H groups in total. The molecule has 20 heavy (non-hydrogen) atoms. The van der Waals surface area contributed by atoms with Gasteiger partial charge in [0.2, 0.25) is 0 Å². The summed E-state index contributed by atoms with van der Waals surface area (Å²) in [6.45, 7) is 2.00. The number of para-hydroxylation sites is 1. The summed E-state index contributed by atoms with van der Waals surface area (Å²) >= 11 is 0. The molecule has 2 heterocycles. The predicted octanol–water partition coefficient (Wildman–Crippen LogP) is 3.99. The number of aromatic amines is 2. The number of benzene rings is 1. The lowest BCUT2D eigenvalue weighted by Crippen LogP contribution is -2.09. The first kappa shape index (κ1) is 11.5. The third-order valence-electron chi connectivity index (χ3n) is 4.26. The van der Waals surface area contributed by atoms with Gasteiger partial charge >= 0.3 is 0 Å². The van der Waals surface area contributed by atoms with Crippen LogP contribution in [0, 0.1) is 6.92 Å². The van der Waals surface area contributed by atoms with Crippen LogP contribution in [0.15, 0.2) is 30.5 Å². The van der Waals surface area contributed by atoms with Crippen molar-refractivity contribution in [3.8, 4) is 11.3 Å². The number of carbonyl (C=O) groups is 1. The van der Waals surface area contributed by atoms with Gasteiger partial charge in [-0.05, 0) is 31.4 Å². The van der Waals surface area contributed by atoms with Crippen LogP contribution in [0.5, 0.6) is 0 Å². The zero-order chi connectivity index (χ0) is 13.7. The Morgan fingerprint density at radius 2 is 2.05 bits per heavy atom. The third kappa shape index (κ3) is 1.49. The molecule has 1 aliphatic rings. The molecule has 4 rings (SSSR count). The van der Waals surface area contributed by atoms with Crippen LogP contribution in [0.2, 0.25) is 0 Å². The van der Waals surface area contributed by atoms with Gasteiger partial charge in [-0.25, -0.2) is 0 Å². The van der Waals surface area contributed by atoms with Gasteiger partial charge in [0.25, 0.3) is 0 Å². The molecule has 1 aliphatic carbocycles. The Morgan fingerprint density at radius 3 is 2.95 bits per heavy atom. The van der Waals surface area contributed by atoms with Crippen LogP contribution in [0.1, 0.15) is 34.5 Å². The first-order valence-corrected chi connectivity index (χ1v) is 7.07. The van der Waals surface area contributed by atoms with E-state index in [4.69, 9.17) is 0 Å². The monoisotopic (exact) mass is 264 g/mol. The molecule has 0 bridgehead atoms. The lowest BCUT2D eigenvalue weighted by molar-refractivity contribution is 0.0972. The maximum Gasteiger partial charge on any atom is 0.164 e. The van der Waals surface area contributed by atoms with Gasteiger partial charge in [-0.1, -0.05) is 18.2 Å². The van der Waals surface area contributed by atoms with Crippen molar-refractivity contribution in [2.75, 3.05) is 0 Å². The molecule has 0 fully saturated rings. The van der Waals surface area contributed by atoms with Crippen molar-refractivity contribution in [1.29, 1.82) is 0 Å². The summed E-state index contributed by atoms with van der Waals surface area (Å²) in [6, 6.07) is 8.36. The summed E-state index contributed by atoms with van der Waals surface area (Å²) < 4.78 is 0. The fourth-order valence-electron chi connectivity index (χ4n) is 3.38. The molecule has 0 spiro atoms. The number of aryl methyl sites for hydroxylation is 1. The van der Waals surface area contributed by atoms with Crippen molar-refractivity contribution in [2.45, 2.75) is 26.2 Å². The van der Waals surface area contributed by atoms with E-state index in [9.17, 15) is 4.79 Å². The molecule has 0 saturated heterocycles. The van der Waals surface area contributed by atoms with E-state index in [1.807, 2.05) is 13.1 Å². The molecule has 2 aromatic heterocycles. The number of hydrogen-bond donors (Lipinski definition) is 2. The molecule has 0 unspecified atom stereocenters. The Kier molecular flexibility index (Phi) is 2.36. The molecule has 3 aromatic rings. The first-order valence-electron chi connectivity index (χ1n) is 7.07. The van der Waals surface area contributed by atoms with Gasteiger partial charge in [-0.2, -0.15) is 0 Å². The lowest BCUT2D eigenvalue weighted by atomic mass is 9.89. The number of hydrogen-bond acceptors (Lipinski definition) is 1. The van der Waals surface area contributed by atoms with Crippen LogP contribution in [0.25, 0.3) is 22.2 Å². The first-order chi connectivity index (χ1) is 9.75. The Morgan fingerprint density at radius 1 is 1.15 bits per heavy atom. The van der Waals surface area contributed by atoms with Crippen LogP contribution >= 0.6 is 0 Å². The maximum absolute atomic E-state index is 12.1. The molecule has 0 atom stereocenters. The van der Waals surface area contributed by atoms with Crippen molar-refractivity contribution < 1.29 is 4.79 Å². The van der Waals surface area contributed by atoms with Gasteiger partial charge in [0.1, 0.15) is 0 Å². The number of H-pyrrole nitrogens is 2. The minimum atomic E-state index is 0.282. The minimum Gasteiger partial charge on any atom is -0.361 e. The van der Waals surface area contributed by atoms with Crippen molar-refractivity contribution in [1.82, 2.24) is 9.97 Å². The lowest BCUT2D eigenvalue weighted by Gasteiger charge is -2.13. The van der Waals surface area contributed by atoms with Gasteiger partial charge in [0.15, 0.2) is 5.78 Å². The van der Waals surface area contributed by atoms with E-state index in [0.717, 1.165) is 40.9 Å². The second kappa shape index (κ2) is 4.10. The Labute approximate surface area is 117 Å². The highest BCUT2D eigenvalue weighted by Gasteiger charge is 2.25. The van der Waals surface area contributed by atoms with Crippen molar-refractivity contribution in [3.63, 3.8) is 0 Å². The largest absolute Gasteiger partial charge is 0.361 e. The number of nitrogens with one attached hydrogen (secondary N) is 2. The molecule has 0 saturated carbocycles. The average Bonchev–Trinajstić information content (AvgIpc) is 3.04. The van der Waals surface area contributed by atoms with Gasteiger partial charge in [0.05, 0.1) is 11.2 Å². The quantitative estimate of drug-likeness (QED) is 0.686. The van der Waals surface area contributed by atoms with Crippen molar-refractivity contribution in [2.24, 2.45) is 0 Å². The Bertz CT molecular complexity index is 823. The van der Waals surface area contributed by atoms with E-state index < -0.39 is 0 Å². The van der Waals surface area contributed by atoms with E-state index in [1.54, 1.807) is 0 Å². The van der Waals surface area contributed by atoms with E-state index in [-0.39, 0.29) is 5.78 Å². The molecular weight excluding hydrogens is 248 g/mol. The van der Waals surface area contributed by atoms with Crippen LogP contribution in [-0.2, 0) is 6.42 Å². The van der Waals surface area contributed by atoms with E-state index in [1.165, 1.54) is 10.9 Å². The number of Topliss-reactive ketones (excluding diaryl/α,β-unsaturated/α-hetero) is 1. The summed E-state index contributed by atoms with van der Waals surface area (Å²) in [5, 5.41) is 1.20. The standard InChI is InChI=1S/C17H16N2O/c1-10-15-12(5-3-7-14(15)20)17(19-10)13-6-2-4-11-8-9-18-16(11)13/h2,4,6,8-9,18-19H,3,5,7H2,1H3. The number of rotatable bonds is 1. The fourth-order valence-corrected chi connectivity index (χ4v) is 3.38. The predicted molar refractivity (Wildman–Crippen MR) is 80.1 cm³/mol. The summed E-state index contributed by atoms with van der Waals surface area (Å²) in [5.41, 5.74) is 6.53. The molecular formula is C17H16N2O. The number of ketones is 1. The molecule has 100 valence electrons. The molecule has 1 aromatic carbocycles. The SMILES string of the molecule is Cc1[nH]c(-c2cccc3cc[nH]c23)c2c1C(=O)CCC2. The van der Waals surface area contributed by atoms with Crippen molar-refractivity contribution in [3.05, 3.63) is 47.3 Å². The van der Waals surface area contributed by atoms with Gasteiger partial charge in [0, 0.05) is 34.8 Å². The van der Waals surface area contributed by atoms with Gasteiger partial charge in [-0.15, -0.1) is 0 Å². The highest BCUT2D eigenvalue weighted by molar-refractivity contribution is 6.03. The summed E-state index contributed by atoms with van der Waals surface area (Å²) in [6.07, 6.45) is 4.58. The molecule has 0 amide bonds. The number of carbonyl (C=O) groups excluding carboxylic acids is 1. The van der Waals surface area contributed by atoms with Gasteiger partial charge in [-0.3, -0.25) is 4.79 Å². The second-order valence-corrected chi connectivity index (χ2v) is 5.50. The molecule has 0 aliphatic heterocycles. The topological polar surface area (TPSA) is 48.6 Å². The Balaban J connectivity index is 2.02. The highest BCUT2D eigenvalue weighted by Crippen LogP contribution is 2.36. The zero-order valence-corrected chi connectivity index (χ0v) is 11.4. The van der Waals surface area contributed by atoms with E-state index in [0.29, 0.717) is 6.42 Å². The van der Waals surface area contributed by atoms with Crippen LogP contribution in [0.4, 0.5) is 0 Å². The second-order valence-electron chi connectivity index (χ2n) is 5.50. The van der Waals surface area contributed by atoms with E-state index >= 15 is 0 Å². The minimum absolute atomic E-state index is 0.282. The van der Waals surface area contributed by atoms with E-state index in [2.05, 4.69) is 34.2 Å². The van der Waals surface area contributed by atoms with Crippen LogP contribution < -0.4 is 0 Å². The average molecular weight is 264 g/mol. The maximum atomic E-state index is 12.1. The molecule has 0 radical (unpaired) electrons. The zero-order valence-electron chi connectivity index (χ0n) is 11.4. The number of aromatic nitrogens is 2. The Hall–Kier alpha value is -2.29. The molecule has 3 heteroatoms. The molecule has 3 nitrogen and oxygen atoms in total. The smallest absolute Gasteiger partial charge is 0.164 e. The number of fused-ring (bicyclic) bond motifs is 2.